The highest BCUT2D eigenvalue weighted by Gasteiger charge is 2.20. The van der Waals surface area contributed by atoms with E-state index in [-0.39, 0.29) is 10.8 Å². The van der Waals surface area contributed by atoms with Gasteiger partial charge in [0, 0.05) is 31.2 Å². The minimum absolute atomic E-state index is 0.0935. The molecule has 0 spiro atoms. The monoisotopic (exact) mass is 384 g/mol. The summed E-state index contributed by atoms with van der Waals surface area (Å²) in [6.45, 7) is 1.78. The second kappa shape index (κ2) is 6.30. The lowest BCUT2D eigenvalue weighted by Gasteiger charge is -2.04. The zero-order chi connectivity index (χ0) is 18.3. The van der Waals surface area contributed by atoms with E-state index in [4.69, 9.17) is 0 Å². The fourth-order valence-corrected chi connectivity index (χ4v) is 4.95. The summed E-state index contributed by atoms with van der Waals surface area (Å²) < 4.78 is 28.0. The Labute approximate surface area is 155 Å². The van der Waals surface area contributed by atoms with E-state index in [1.54, 1.807) is 37.1 Å². The van der Waals surface area contributed by atoms with Crippen LogP contribution in [0.5, 0.6) is 0 Å². The summed E-state index contributed by atoms with van der Waals surface area (Å²) in [4.78, 5) is 12.9. The highest BCUT2D eigenvalue weighted by atomic mass is 32.2. The van der Waals surface area contributed by atoms with Crippen LogP contribution in [0.25, 0.3) is 20.8 Å². The lowest BCUT2D eigenvalue weighted by molar-refractivity contribution is 0.592. The van der Waals surface area contributed by atoms with Crippen LogP contribution in [0.15, 0.2) is 53.9 Å². The first-order valence-corrected chi connectivity index (χ1v) is 10.4. The maximum atomic E-state index is 12.7. The lowest BCUT2D eigenvalue weighted by atomic mass is 10.1. The number of aryl methyl sites for hydroxylation is 2. The van der Waals surface area contributed by atoms with Gasteiger partial charge in [-0.2, -0.15) is 0 Å². The number of pyridine rings is 1. The van der Waals surface area contributed by atoms with Crippen LogP contribution in [-0.2, 0) is 22.6 Å². The SMILES string of the molecule is Cc1nc(S(=O)(=O)Cc2cccc(-c3nc4ccncc4s3)c2)cn1C. The van der Waals surface area contributed by atoms with Crippen molar-refractivity contribution < 1.29 is 8.42 Å². The second-order valence-electron chi connectivity index (χ2n) is 6.06. The predicted molar refractivity (Wildman–Crippen MR) is 102 cm³/mol. The van der Waals surface area contributed by atoms with Gasteiger partial charge in [0.15, 0.2) is 5.03 Å². The van der Waals surface area contributed by atoms with Gasteiger partial charge in [0.2, 0.25) is 9.84 Å². The van der Waals surface area contributed by atoms with Crippen LogP contribution in [0.4, 0.5) is 0 Å². The molecule has 8 heteroatoms. The Bertz CT molecular complexity index is 1160. The molecule has 3 aromatic heterocycles. The lowest BCUT2D eigenvalue weighted by Crippen LogP contribution is -2.05. The molecule has 0 unspecified atom stereocenters. The summed E-state index contributed by atoms with van der Waals surface area (Å²) in [6, 6.07) is 9.34. The highest BCUT2D eigenvalue weighted by Crippen LogP contribution is 2.30. The highest BCUT2D eigenvalue weighted by molar-refractivity contribution is 7.90. The van der Waals surface area contributed by atoms with Crippen molar-refractivity contribution in [1.82, 2.24) is 19.5 Å². The summed E-state index contributed by atoms with van der Waals surface area (Å²) in [7, 11) is -1.72. The number of aromatic nitrogens is 4. The number of benzene rings is 1. The predicted octanol–water partition coefficient (Wildman–Crippen LogP) is 3.37. The van der Waals surface area contributed by atoms with Crippen molar-refractivity contribution in [2.24, 2.45) is 7.05 Å². The number of nitrogens with zero attached hydrogens (tertiary/aromatic N) is 4. The van der Waals surface area contributed by atoms with Gasteiger partial charge in [-0.1, -0.05) is 18.2 Å². The first kappa shape index (κ1) is 16.9. The maximum absolute atomic E-state index is 12.7. The van der Waals surface area contributed by atoms with Crippen LogP contribution in [0, 0.1) is 6.92 Å². The molecular weight excluding hydrogens is 368 g/mol. The molecule has 0 aliphatic carbocycles. The number of thiazole rings is 1. The number of imidazole rings is 1. The third-order valence-electron chi connectivity index (χ3n) is 4.13. The van der Waals surface area contributed by atoms with Crippen molar-refractivity contribution in [3.8, 4) is 10.6 Å². The summed E-state index contributed by atoms with van der Waals surface area (Å²) >= 11 is 1.54. The van der Waals surface area contributed by atoms with Crippen LogP contribution in [-0.4, -0.2) is 27.9 Å². The molecule has 26 heavy (non-hydrogen) atoms. The normalized spacial score (nSPS) is 11.9. The zero-order valence-electron chi connectivity index (χ0n) is 14.2. The average molecular weight is 384 g/mol. The van der Waals surface area contributed by atoms with E-state index in [1.165, 1.54) is 11.3 Å². The van der Waals surface area contributed by atoms with Gasteiger partial charge in [-0.15, -0.1) is 11.3 Å². The van der Waals surface area contributed by atoms with Crippen molar-refractivity contribution in [3.63, 3.8) is 0 Å². The van der Waals surface area contributed by atoms with Gasteiger partial charge >= 0.3 is 0 Å². The van der Waals surface area contributed by atoms with Crippen LogP contribution < -0.4 is 0 Å². The molecule has 3 heterocycles. The molecule has 0 aliphatic rings. The third-order valence-corrected chi connectivity index (χ3v) is 6.73. The first-order chi connectivity index (χ1) is 12.4. The minimum Gasteiger partial charge on any atom is -0.337 e. The van der Waals surface area contributed by atoms with Gasteiger partial charge in [0.05, 0.1) is 16.0 Å². The molecule has 0 bridgehead atoms. The van der Waals surface area contributed by atoms with E-state index in [9.17, 15) is 8.42 Å². The third kappa shape index (κ3) is 3.13. The van der Waals surface area contributed by atoms with Gasteiger partial charge in [-0.3, -0.25) is 4.98 Å². The maximum Gasteiger partial charge on any atom is 0.201 e. The molecule has 0 radical (unpaired) electrons. The number of fused-ring (bicyclic) bond motifs is 1. The van der Waals surface area contributed by atoms with Crippen molar-refractivity contribution >= 4 is 31.4 Å². The minimum atomic E-state index is -3.50. The fraction of sp³-hybridized carbons (Fsp3) is 0.167. The number of hydrogen-bond acceptors (Lipinski definition) is 6. The first-order valence-electron chi connectivity index (χ1n) is 7.95. The Balaban J connectivity index is 1.67. The summed E-state index contributed by atoms with van der Waals surface area (Å²) in [5, 5.41) is 0.954. The van der Waals surface area contributed by atoms with Crippen molar-refractivity contribution in [1.29, 1.82) is 0 Å². The topological polar surface area (TPSA) is 77.7 Å². The molecule has 0 atom stereocenters. The zero-order valence-corrected chi connectivity index (χ0v) is 15.9. The molecule has 4 aromatic rings. The van der Waals surface area contributed by atoms with E-state index in [1.807, 2.05) is 30.3 Å². The summed E-state index contributed by atoms with van der Waals surface area (Å²) in [6.07, 6.45) is 5.05. The van der Waals surface area contributed by atoms with Crippen LogP contribution in [0.3, 0.4) is 0 Å². The smallest absolute Gasteiger partial charge is 0.201 e. The van der Waals surface area contributed by atoms with E-state index >= 15 is 0 Å². The Kier molecular flexibility index (Phi) is 4.08. The molecule has 6 nitrogen and oxygen atoms in total. The quantitative estimate of drug-likeness (QED) is 0.539. The fourth-order valence-electron chi connectivity index (χ4n) is 2.67. The van der Waals surface area contributed by atoms with E-state index < -0.39 is 9.84 Å². The number of hydrogen-bond donors (Lipinski definition) is 0. The molecule has 132 valence electrons. The van der Waals surface area contributed by atoms with Crippen LogP contribution in [0.2, 0.25) is 0 Å². The van der Waals surface area contributed by atoms with Crippen molar-refractivity contribution in [3.05, 3.63) is 60.3 Å². The second-order valence-corrected chi connectivity index (χ2v) is 9.03. The molecule has 0 N–H and O–H groups in total. The van der Waals surface area contributed by atoms with Crippen molar-refractivity contribution in [2.45, 2.75) is 17.7 Å². The standard InChI is InChI=1S/C18H16N4O2S2/c1-12-20-17(10-22(12)2)26(23,24)11-13-4-3-5-14(8-13)18-21-15-6-7-19-9-16(15)25-18/h3-10H,11H2,1-2H3. The molecular formula is C18H16N4O2S2. The van der Waals surface area contributed by atoms with E-state index in [0.717, 1.165) is 20.8 Å². The molecule has 1 aromatic carbocycles. The molecule has 0 fully saturated rings. The van der Waals surface area contributed by atoms with Gasteiger partial charge < -0.3 is 4.57 Å². The molecule has 0 saturated heterocycles. The Morgan fingerprint density at radius 2 is 2.04 bits per heavy atom. The largest absolute Gasteiger partial charge is 0.337 e. The Morgan fingerprint density at radius 3 is 2.77 bits per heavy atom. The van der Waals surface area contributed by atoms with Gasteiger partial charge in [-0.25, -0.2) is 18.4 Å². The molecule has 4 rings (SSSR count). The average Bonchev–Trinajstić information content (AvgIpc) is 3.19. The van der Waals surface area contributed by atoms with Crippen molar-refractivity contribution in [2.75, 3.05) is 0 Å². The summed E-state index contributed by atoms with van der Waals surface area (Å²) in [5.74, 6) is 0.574. The molecule has 0 aliphatic heterocycles. The van der Waals surface area contributed by atoms with Gasteiger partial charge in [0.25, 0.3) is 0 Å². The molecule has 0 amide bonds. The number of rotatable bonds is 4. The Hall–Kier alpha value is -2.58. The summed E-state index contributed by atoms with van der Waals surface area (Å²) in [5.41, 5.74) is 2.50. The molecule has 0 saturated carbocycles. The van der Waals surface area contributed by atoms with E-state index in [0.29, 0.717) is 11.4 Å². The van der Waals surface area contributed by atoms with Crippen LogP contribution in [0.1, 0.15) is 11.4 Å². The van der Waals surface area contributed by atoms with Gasteiger partial charge in [-0.05, 0) is 24.6 Å². The Morgan fingerprint density at radius 1 is 1.19 bits per heavy atom. The van der Waals surface area contributed by atoms with Crippen LogP contribution >= 0.6 is 11.3 Å². The van der Waals surface area contributed by atoms with Gasteiger partial charge in [0.1, 0.15) is 10.8 Å². The van der Waals surface area contributed by atoms with E-state index in [2.05, 4.69) is 15.0 Å². The number of sulfone groups is 1.